The smallest absolute Gasteiger partial charge is 0.356 e. The second-order valence-corrected chi connectivity index (χ2v) is 25.8. The number of aromatic nitrogens is 4. The number of aryl methyl sites for hydroxylation is 4. The molecule has 0 aliphatic carbocycles. The number of fused-ring (bicyclic) bond motifs is 1. The van der Waals surface area contributed by atoms with E-state index in [-0.39, 0.29) is 33.3 Å². The molecular weight excluding hydrogens is 1360 g/mol. The molecule has 0 radical (unpaired) electrons. The number of oxime groups is 2. The van der Waals surface area contributed by atoms with Gasteiger partial charge >= 0.3 is 11.9 Å². The highest BCUT2D eigenvalue weighted by Crippen LogP contribution is 2.42. The van der Waals surface area contributed by atoms with Gasteiger partial charge in [0.15, 0.2) is 26.9 Å². The summed E-state index contributed by atoms with van der Waals surface area (Å²) in [5.74, 6) is -0.650. The summed E-state index contributed by atoms with van der Waals surface area (Å²) < 4.78 is 46.8. The Morgan fingerprint density at radius 1 is 0.805 bits per heavy atom. The minimum Gasteiger partial charge on any atom is -0.506 e. The van der Waals surface area contributed by atoms with E-state index >= 15 is 0 Å². The number of rotatable bonds is 12. The van der Waals surface area contributed by atoms with E-state index in [1.165, 1.54) is 35.6 Å². The number of carbonyl (C=O) groups is 3. The third kappa shape index (κ3) is 15.2. The van der Waals surface area contributed by atoms with E-state index in [9.17, 15) is 37.5 Å². The number of esters is 2. The van der Waals surface area contributed by atoms with Crippen molar-refractivity contribution in [3.63, 3.8) is 0 Å². The zero-order valence-electron chi connectivity index (χ0n) is 50.1. The number of carbonyl (C=O) groups excluding carboxylic acids is 3. The van der Waals surface area contributed by atoms with Crippen LogP contribution in [0.15, 0.2) is 128 Å². The van der Waals surface area contributed by atoms with Crippen molar-refractivity contribution < 1.29 is 51.8 Å². The SMILES string of the molecule is CCOC(=O)C1=NOC(c2ccccc2)(c2ccccc2)C1.CCc1cc(C)cc(CC)c1-c1c(OC(=O)C(C)(C)C)n2n(c1=O)CCOCC2.Cc1c(C(=O)c2c[nH]n(C)c2=O)ccc(S(C)(=O)=O)c1C1=NOCC1.N#Cc1cc(I)c(O)c(I)c1. The molecule has 7 aromatic rings. The average molecular weight is 1430 g/mol. The van der Waals surface area contributed by atoms with Crippen LogP contribution in [0.25, 0.3) is 11.1 Å². The molecule has 5 aromatic carbocycles. The van der Waals surface area contributed by atoms with Gasteiger partial charge in [0.2, 0.25) is 5.88 Å². The molecule has 0 saturated heterocycles. The molecule has 0 unspecified atom stereocenters. The lowest BCUT2D eigenvalue weighted by Crippen LogP contribution is -2.29. The predicted molar refractivity (Wildman–Crippen MR) is 346 cm³/mol. The first kappa shape index (κ1) is 66.8. The van der Waals surface area contributed by atoms with Crippen LogP contribution in [0.1, 0.15) is 115 Å². The first-order valence-electron chi connectivity index (χ1n) is 28.0. The monoisotopic (exact) mass is 1430 g/mol. The van der Waals surface area contributed by atoms with Gasteiger partial charge in [0.05, 0.1) is 74.1 Å². The third-order valence-corrected chi connectivity index (χ3v) is 17.1. The van der Waals surface area contributed by atoms with Gasteiger partial charge in [-0.25, -0.2) is 22.6 Å². The van der Waals surface area contributed by atoms with Crippen molar-refractivity contribution in [1.82, 2.24) is 19.1 Å². The Kier molecular flexibility index (Phi) is 22.2. The number of phenolic OH excluding ortho intramolecular Hbond substituents is 1. The number of nitrogens with zero attached hydrogens (tertiary/aromatic N) is 6. The fourth-order valence-corrected chi connectivity index (χ4v) is 12.7. The van der Waals surface area contributed by atoms with Crippen LogP contribution in [0.2, 0.25) is 0 Å². The van der Waals surface area contributed by atoms with Crippen molar-refractivity contribution in [2.45, 2.75) is 105 Å². The first-order chi connectivity index (χ1) is 41.3. The fourth-order valence-electron chi connectivity index (χ4n) is 9.93. The second kappa shape index (κ2) is 28.9. The van der Waals surface area contributed by atoms with Crippen LogP contribution in [0.5, 0.6) is 11.6 Å². The zero-order chi connectivity index (χ0) is 63.5. The molecule has 23 heteroatoms. The number of halogens is 2. The highest BCUT2D eigenvalue weighted by molar-refractivity contribution is 14.1. The van der Waals surface area contributed by atoms with Crippen molar-refractivity contribution in [3.05, 3.63) is 187 Å². The Labute approximate surface area is 532 Å². The van der Waals surface area contributed by atoms with Crippen LogP contribution < -0.4 is 15.9 Å². The van der Waals surface area contributed by atoms with Crippen LogP contribution >= 0.6 is 45.2 Å². The van der Waals surface area contributed by atoms with Crippen molar-refractivity contribution in [3.8, 4) is 28.8 Å². The summed E-state index contributed by atoms with van der Waals surface area (Å²) in [6, 6.07) is 32.0. The summed E-state index contributed by atoms with van der Waals surface area (Å²) in [7, 11) is -2.02. The lowest BCUT2D eigenvalue weighted by molar-refractivity contribution is -0.143. The minimum atomic E-state index is -3.52. The molecule has 0 fully saturated rings. The van der Waals surface area contributed by atoms with Gasteiger partial charge < -0.3 is 34.1 Å². The Morgan fingerprint density at radius 2 is 1.39 bits per heavy atom. The number of benzene rings is 5. The van der Waals surface area contributed by atoms with Crippen LogP contribution in [0.3, 0.4) is 0 Å². The van der Waals surface area contributed by atoms with Gasteiger partial charge in [-0.3, -0.25) is 23.9 Å². The van der Waals surface area contributed by atoms with Crippen molar-refractivity contribution in [2.75, 3.05) is 32.7 Å². The number of phenols is 1. The number of sulfone groups is 1. The fraction of sp³-hybridized carbons (Fsp3) is 0.344. The topological polar surface area (TPSA) is 265 Å². The number of hydrogen-bond donors (Lipinski definition) is 2. The number of aromatic amines is 1. The van der Waals surface area contributed by atoms with Crippen LogP contribution in [-0.4, -0.2) is 94.5 Å². The Balaban J connectivity index is 0.000000173. The standard InChI is InChI=1S/C23H32N2O4.C18H17NO3.C16H17N3O5S.C7H3I2NO/c1-7-16-13-15(3)14-17(8-2)18(16)19-20(26)24-9-11-28-12-10-25(24)21(19)29-22(27)23(4,5)6;1-2-21-17(20)16-13-18(22-19-16,14-9-5-3-6-10-14)15-11-7-4-8-12-15;1-9-10(15(20)11-8-17-19(2)16(11)21)4-5-13(25(3,22)23)14(9)12-6-7-24-18-12;8-5-1-4(3-10)2-6(9)7(5)11/h13-14H,7-12H2,1-6H3;3-12H,2,13H2,1H3;4-5,8,17H,6-7H2,1-3H3;1-2,11H. The van der Waals surface area contributed by atoms with Crippen molar-refractivity contribution >= 4 is 84.2 Å². The van der Waals surface area contributed by atoms with Crippen molar-refractivity contribution in [2.24, 2.45) is 22.8 Å². The largest absolute Gasteiger partial charge is 0.506 e. The lowest BCUT2D eigenvalue weighted by Gasteiger charge is -2.27. The maximum Gasteiger partial charge on any atom is 0.356 e. The number of H-pyrrole nitrogens is 1. The summed E-state index contributed by atoms with van der Waals surface area (Å²) in [5, 5.41) is 28.4. The van der Waals surface area contributed by atoms with Crippen LogP contribution in [0, 0.1) is 37.7 Å². The Hall–Kier alpha value is -7.67. The van der Waals surface area contributed by atoms with E-state index in [0.717, 1.165) is 46.9 Å². The van der Waals surface area contributed by atoms with Gasteiger partial charge in [0, 0.05) is 48.2 Å². The zero-order valence-corrected chi connectivity index (χ0v) is 55.2. The lowest BCUT2D eigenvalue weighted by atomic mass is 9.82. The van der Waals surface area contributed by atoms with E-state index in [1.54, 1.807) is 35.3 Å². The molecule has 0 amide bonds. The molecule has 0 spiro atoms. The van der Waals surface area contributed by atoms with Gasteiger partial charge in [0.25, 0.3) is 11.1 Å². The van der Waals surface area contributed by atoms with E-state index < -0.39 is 38.2 Å². The number of nitriles is 1. The summed E-state index contributed by atoms with van der Waals surface area (Å²) in [5.41, 5.74) is 7.15. The van der Waals surface area contributed by atoms with Gasteiger partial charge in [-0.05, 0) is 146 Å². The third-order valence-electron chi connectivity index (χ3n) is 14.4. The van der Waals surface area contributed by atoms with Crippen LogP contribution in [-0.2, 0) is 77.2 Å². The quantitative estimate of drug-likeness (QED) is 0.0655. The van der Waals surface area contributed by atoms with E-state index in [4.69, 9.17) is 29.1 Å². The van der Waals surface area contributed by atoms with Gasteiger partial charge in [-0.1, -0.05) is 103 Å². The molecule has 3 aliphatic heterocycles. The second-order valence-electron chi connectivity index (χ2n) is 21.5. The number of ketones is 1. The maximum absolute atomic E-state index is 13.5. The van der Waals surface area contributed by atoms with Gasteiger partial charge in [-0.2, -0.15) is 5.26 Å². The number of aromatic hydroxyl groups is 1. The molecule has 10 rings (SSSR count). The van der Waals surface area contributed by atoms with E-state index in [1.807, 2.05) is 133 Å². The highest BCUT2D eigenvalue weighted by atomic mass is 127. The number of ether oxygens (including phenoxy) is 3. The Morgan fingerprint density at radius 3 is 1.89 bits per heavy atom. The van der Waals surface area contributed by atoms with E-state index in [0.29, 0.717) is 99.1 Å². The molecule has 0 saturated carbocycles. The molecule has 2 aromatic heterocycles. The first-order valence-corrected chi connectivity index (χ1v) is 32.1. The number of nitrogens with one attached hydrogen (secondary N) is 1. The molecular formula is C64H69I2N7O13S. The maximum atomic E-state index is 13.5. The summed E-state index contributed by atoms with van der Waals surface area (Å²) >= 11 is 3.99. The normalized spacial score (nSPS) is 14.1. The predicted octanol–water partition coefficient (Wildman–Crippen LogP) is 10.3. The summed E-state index contributed by atoms with van der Waals surface area (Å²) in [4.78, 5) is 74.0. The van der Waals surface area contributed by atoms with Crippen LogP contribution in [0.4, 0.5) is 0 Å². The molecule has 3 aliphatic rings. The number of hydrogen-bond acceptors (Lipinski definition) is 16. The minimum absolute atomic E-state index is 0.00623. The highest BCUT2D eigenvalue weighted by Gasteiger charge is 2.45. The molecule has 20 nitrogen and oxygen atoms in total. The molecule has 87 heavy (non-hydrogen) atoms. The molecule has 0 atom stereocenters. The summed E-state index contributed by atoms with van der Waals surface area (Å²) in [6.07, 6.45) is 4.84. The van der Waals surface area contributed by atoms with E-state index in [2.05, 4.69) is 48.3 Å². The average Bonchev–Trinajstić information content (AvgIpc) is 1.80. The molecule has 0 bridgehead atoms. The van der Waals surface area contributed by atoms with Crippen molar-refractivity contribution in [1.29, 1.82) is 5.26 Å². The Bertz CT molecular complexity index is 3970. The molecule has 458 valence electrons. The van der Waals surface area contributed by atoms with Gasteiger partial charge in [-0.15, -0.1) is 0 Å². The summed E-state index contributed by atoms with van der Waals surface area (Å²) in [6.45, 7) is 17.6. The molecule has 2 N–H and O–H groups in total. The van der Waals surface area contributed by atoms with Gasteiger partial charge in [0.1, 0.15) is 23.5 Å². The molecule has 5 heterocycles.